The van der Waals surface area contributed by atoms with Gasteiger partial charge >= 0.3 is 0 Å². The average molecular weight is 296 g/mol. The molecule has 0 aliphatic carbocycles. The second-order valence-corrected chi connectivity index (χ2v) is 4.71. The van der Waals surface area contributed by atoms with E-state index in [0.29, 0.717) is 5.82 Å². The number of ether oxygens (including phenoxy) is 1. The third-order valence-electron chi connectivity index (χ3n) is 2.75. The molecule has 0 unspecified atom stereocenters. The van der Waals surface area contributed by atoms with E-state index in [1.165, 1.54) is 0 Å². The predicted molar refractivity (Wildman–Crippen MR) is 72.0 cm³/mol. The molecule has 1 aromatic heterocycles. The Labute approximate surface area is 109 Å². The average Bonchev–Trinajstić information content (AvgIpc) is 2.62. The summed E-state index contributed by atoms with van der Waals surface area (Å²) in [4.78, 5) is 0. The molecule has 0 aliphatic heterocycles. The number of aryl methyl sites for hydroxylation is 1. The first-order valence-electron chi connectivity index (χ1n) is 5.17. The number of benzene rings is 1. The van der Waals surface area contributed by atoms with E-state index in [-0.39, 0.29) is 0 Å². The molecule has 5 heteroatoms. The van der Waals surface area contributed by atoms with Crippen LogP contribution in [0.15, 0.2) is 22.7 Å². The van der Waals surface area contributed by atoms with Crippen molar-refractivity contribution in [3.8, 4) is 17.0 Å². The number of rotatable bonds is 2. The Kier molecular flexibility index (Phi) is 3.11. The first-order valence-corrected chi connectivity index (χ1v) is 5.96. The zero-order valence-corrected chi connectivity index (χ0v) is 11.6. The summed E-state index contributed by atoms with van der Waals surface area (Å²) in [6.45, 7) is 2.03. The number of nitrogens with zero attached hydrogens (tertiary/aromatic N) is 2. The summed E-state index contributed by atoms with van der Waals surface area (Å²) in [5.41, 5.74) is 8.78. The fourth-order valence-corrected chi connectivity index (χ4v) is 2.09. The Morgan fingerprint density at radius 2 is 2.06 bits per heavy atom. The Bertz CT molecular complexity index is 544. The molecule has 0 radical (unpaired) electrons. The maximum atomic E-state index is 5.79. The Hall–Kier alpha value is -1.49. The van der Waals surface area contributed by atoms with Gasteiger partial charge in [-0.1, -0.05) is 15.9 Å². The van der Waals surface area contributed by atoms with Crippen molar-refractivity contribution in [3.05, 3.63) is 28.2 Å². The standard InChI is InChI=1S/C12H14BrN3O/c1-7-9(4-8(17-3)5-10(7)13)11-6-12(14)16(2)15-11/h4-6H,14H2,1-3H3. The largest absolute Gasteiger partial charge is 0.497 e. The molecule has 0 bridgehead atoms. The lowest BCUT2D eigenvalue weighted by Gasteiger charge is -2.08. The van der Waals surface area contributed by atoms with E-state index in [1.807, 2.05) is 32.2 Å². The topological polar surface area (TPSA) is 53.1 Å². The molecule has 1 heterocycles. The third-order valence-corrected chi connectivity index (χ3v) is 3.57. The molecule has 17 heavy (non-hydrogen) atoms. The van der Waals surface area contributed by atoms with E-state index in [9.17, 15) is 0 Å². The number of halogens is 1. The van der Waals surface area contributed by atoms with Gasteiger partial charge in [-0.2, -0.15) is 5.10 Å². The van der Waals surface area contributed by atoms with Crippen molar-refractivity contribution in [2.75, 3.05) is 12.8 Å². The highest BCUT2D eigenvalue weighted by Crippen LogP contribution is 2.33. The fraction of sp³-hybridized carbons (Fsp3) is 0.250. The van der Waals surface area contributed by atoms with Gasteiger partial charge in [-0.15, -0.1) is 0 Å². The second kappa shape index (κ2) is 4.41. The van der Waals surface area contributed by atoms with Crippen LogP contribution in [0, 0.1) is 6.92 Å². The van der Waals surface area contributed by atoms with Crippen LogP contribution in [-0.2, 0) is 7.05 Å². The number of hydrogen-bond donors (Lipinski definition) is 1. The van der Waals surface area contributed by atoms with Gasteiger partial charge in [-0.05, 0) is 24.6 Å². The summed E-state index contributed by atoms with van der Waals surface area (Å²) < 4.78 is 7.90. The molecule has 0 saturated heterocycles. The van der Waals surface area contributed by atoms with Crippen molar-refractivity contribution in [2.24, 2.45) is 7.05 Å². The Morgan fingerprint density at radius 3 is 2.59 bits per heavy atom. The van der Waals surface area contributed by atoms with E-state index >= 15 is 0 Å². The van der Waals surface area contributed by atoms with Crippen LogP contribution in [0.1, 0.15) is 5.56 Å². The second-order valence-electron chi connectivity index (χ2n) is 3.86. The minimum atomic E-state index is 0.637. The van der Waals surface area contributed by atoms with Crippen molar-refractivity contribution in [3.63, 3.8) is 0 Å². The van der Waals surface area contributed by atoms with E-state index in [1.54, 1.807) is 11.8 Å². The maximum absolute atomic E-state index is 5.79. The first kappa shape index (κ1) is 12.0. The lowest BCUT2D eigenvalue weighted by Crippen LogP contribution is -1.96. The minimum absolute atomic E-state index is 0.637. The maximum Gasteiger partial charge on any atom is 0.121 e. The van der Waals surface area contributed by atoms with Gasteiger partial charge in [0.05, 0.1) is 12.8 Å². The smallest absolute Gasteiger partial charge is 0.121 e. The molecule has 0 saturated carbocycles. The lowest BCUT2D eigenvalue weighted by molar-refractivity contribution is 0.414. The molecular weight excluding hydrogens is 282 g/mol. The van der Waals surface area contributed by atoms with Gasteiger partial charge in [0.25, 0.3) is 0 Å². The Morgan fingerprint density at radius 1 is 1.35 bits per heavy atom. The van der Waals surface area contributed by atoms with Gasteiger partial charge in [0.1, 0.15) is 11.6 Å². The molecular formula is C12H14BrN3O. The lowest BCUT2D eigenvalue weighted by atomic mass is 10.1. The van der Waals surface area contributed by atoms with Gasteiger partial charge in [-0.25, -0.2) is 0 Å². The zero-order valence-electron chi connectivity index (χ0n) is 9.99. The summed E-state index contributed by atoms with van der Waals surface area (Å²) in [7, 11) is 3.47. The summed E-state index contributed by atoms with van der Waals surface area (Å²) in [6, 6.07) is 5.75. The highest BCUT2D eigenvalue weighted by Gasteiger charge is 2.11. The van der Waals surface area contributed by atoms with Crippen LogP contribution in [0.2, 0.25) is 0 Å². The number of anilines is 1. The first-order chi connectivity index (χ1) is 8.02. The van der Waals surface area contributed by atoms with Crippen LogP contribution >= 0.6 is 15.9 Å². The Balaban J connectivity index is 2.61. The molecule has 0 fully saturated rings. The van der Waals surface area contributed by atoms with Crippen LogP contribution in [0.4, 0.5) is 5.82 Å². The highest BCUT2D eigenvalue weighted by molar-refractivity contribution is 9.10. The van der Waals surface area contributed by atoms with Crippen molar-refractivity contribution in [1.29, 1.82) is 0 Å². The molecule has 2 aromatic rings. The summed E-state index contributed by atoms with van der Waals surface area (Å²) in [5.74, 6) is 1.43. The van der Waals surface area contributed by atoms with E-state index in [4.69, 9.17) is 10.5 Å². The molecule has 0 spiro atoms. The number of aromatic nitrogens is 2. The molecule has 90 valence electrons. The third kappa shape index (κ3) is 2.15. The van der Waals surface area contributed by atoms with E-state index in [2.05, 4.69) is 21.0 Å². The van der Waals surface area contributed by atoms with Crippen LogP contribution < -0.4 is 10.5 Å². The van der Waals surface area contributed by atoms with Gasteiger partial charge in [0.15, 0.2) is 0 Å². The molecule has 0 atom stereocenters. The van der Waals surface area contributed by atoms with E-state index in [0.717, 1.165) is 27.0 Å². The molecule has 2 rings (SSSR count). The highest BCUT2D eigenvalue weighted by atomic mass is 79.9. The van der Waals surface area contributed by atoms with Crippen LogP contribution in [0.5, 0.6) is 5.75 Å². The number of nitrogens with two attached hydrogens (primary N) is 1. The van der Waals surface area contributed by atoms with Gasteiger partial charge in [-0.3, -0.25) is 4.68 Å². The van der Waals surface area contributed by atoms with Crippen molar-refractivity contribution < 1.29 is 4.74 Å². The van der Waals surface area contributed by atoms with Crippen LogP contribution in [0.25, 0.3) is 11.3 Å². The van der Waals surface area contributed by atoms with E-state index < -0.39 is 0 Å². The molecule has 4 nitrogen and oxygen atoms in total. The number of hydrogen-bond acceptors (Lipinski definition) is 3. The van der Waals surface area contributed by atoms with Gasteiger partial charge in [0.2, 0.25) is 0 Å². The van der Waals surface area contributed by atoms with Crippen LogP contribution in [-0.4, -0.2) is 16.9 Å². The van der Waals surface area contributed by atoms with Gasteiger partial charge in [0, 0.05) is 23.2 Å². The molecule has 0 aliphatic rings. The monoisotopic (exact) mass is 295 g/mol. The molecule has 2 N–H and O–H groups in total. The number of nitrogen functional groups attached to an aromatic ring is 1. The van der Waals surface area contributed by atoms with Crippen molar-refractivity contribution in [1.82, 2.24) is 9.78 Å². The molecule has 1 aromatic carbocycles. The minimum Gasteiger partial charge on any atom is -0.497 e. The summed E-state index contributed by atoms with van der Waals surface area (Å²) in [5, 5.41) is 4.37. The quantitative estimate of drug-likeness (QED) is 0.927. The van der Waals surface area contributed by atoms with Crippen LogP contribution in [0.3, 0.4) is 0 Å². The van der Waals surface area contributed by atoms with Gasteiger partial charge < -0.3 is 10.5 Å². The summed E-state index contributed by atoms with van der Waals surface area (Å²) in [6.07, 6.45) is 0. The normalized spacial score (nSPS) is 10.6. The van der Waals surface area contributed by atoms with Crippen molar-refractivity contribution in [2.45, 2.75) is 6.92 Å². The number of methoxy groups -OCH3 is 1. The SMILES string of the molecule is COc1cc(Br)c(C)c(-c2cc(N)n(C)n2)c1. The fourth-order valence-electron chi connectivity index (χ4n) is 1.65. The molecule has 0 amide bonds. The predicted octanol–water partition coefficient (Wildman–Crippen LogP) is 2.75. The van der Waals surface area contributed by atoms with Crippen molar-refractivity contribution >= 4 is 21.7 Å². The zero-order chi connectivity index (χ0) is 12.6. The summed E-state index contributed by atoms with van der Waals surface area (Å²) >= 11 is 3.51.